The lowest BCUT2D eigenvalue weighted by Gasteiger charge is -2.40. The zero-order chi connectivity index (χ0) is 14.2. The van der Waals surface area contributed by atoms with E-state index in [0.717, 1.165) is 23.6 Å². The molecule has 2 bridgehead atoms. The van der Waals surface area contributed by atoms with Crippen LogP contribution in [0.2, 0.25) is 0 Å². The average molecular weight is 284 g/mol. The molecule has 21 heavy (non-hydrogen) atoms. The van der Waals surface area contributed by atoms with Gasteiger partial charge in [-0.1, -0.05) is 5.16 Å². The summed E-state index contributed by atoms with van der Waals surface area (Å²) in [7, 11) is 0. The fourth-order valence-corrected chi connectivity index (χ4v) is 3.31. The lowest BCUT2D eigenvalue weighted by molar-refractivity contribution is 0.163. The molecule has 0 radical (unpaired) electrons. The van der Waals surface area contributed by atoms with Crippen molar-refractivity contribution in [1.82, 2.24) is 10.1 Å². The largest absolute Gasteiger partial charge is 0.356 e. The third kappa shape index (κ3) is 2.51. The van der Waals surface area contributed by atoms with Gasteiger partial charge in [-0.05, 0) is 67.8 Å². The van der Waals surface area contributed by atoms with Crippen LogP contribution in [-0.2, 0) is 0 Å². The number of fused-ring (bicyclic) bond motifs is 3. The van der Waals surface area contributed by atoms with Gasteiger partial charge in [-0.15, -0.1) is 0 Å². The zero-order valence-electron chi connectivity index (χ0n) is 11.8. The van der Waals surface area contributed by atoms with Crippen LogP contribution in [0.15, 0.2) is 40.4 Å². The van der Waals surface area contributed by atoms with Crippen molar-refractivity contribution in [3.05, 3.63) is 47.5 Å². The molecule has 3 nitrogen and oxygen atoms in total. The topological polar surface area (TPSA) is 29.3 Å². The first-order chi connectivity index (χ1) is 10.3. The summed E-state index contributed by atoms with van der Waals surface area (Å²) in [5.41, 5.74) is 3.08. The molecular formula is C17H17FN2O. The van der Waals surface area contributed by atoms with Gasteiger partial charge in [-0.2, -0.15) is 0 Å². The Bertz CT molecular complexity index is 666. The second-order valence-electron chi connectivity index (χ2n) is 5.89. The van der Waals surface area contributed by atoms with Crippen molar-refractivity contribution in [2.75, 3.05) is 19.6 Å². The van der Waals surface area contributed by atoms with Crippen molar-refractivity contribution >= 4 is 6.08 Å². The maximum Gasteiger partial charge on any atom is 0.160 e. The van der Waals surface area contributed by atoms with Crippen LogP contribution < -0.4 is 0 Å². The van der Waals surface area contributed by atoms with Gasteiger partial charge >= 0.3 is 0 Å². The third-order valence-corrected chi connectivity index (χ3v) is 4.51. The minimum atomic E-state index is -0.239. The number of piperidine rings is 3. The van der Waals surface area contributed by atoms with E-state index in [4.69, 9.17) is 4.52 Å². The molecule has 0 spiro atoms. The summed E-state index contributed by atoms with van der Waals surface area (Å²) in [6.45, 7) is 3.50. The van der Waals surface area contributed by atoms with E-state index in [0.29, 0.717) is 5.92 Å². The van der Waals surface area contributed by atoms with Gasteiger partial charge in [0.1, 0.15) is 11.5 Å². The summed E-state index contributed by atoms with van der Waals surface area (Å²) < 4.78 is 18.4. The average Bonchev–Trinajstić information content (AvgIpc) is 2.98. The van der Waals surface area contributed by atoms with Gasteiger partial charge in [0.15, 0.2) is 5.76 Å². The highest BCUT2D eigenvalue weighted by atomic mass is 19.1. The normalized spacial score (nSPS) is 26.4. The number of rotatable bonds is 2. The van der Waals surface area contributed by atoms with Gasteiger partial charge in [0.05, 0.1) is 0 Å². The van der Waals surface area contributed by atoms with Crippen molar-refractivity contribution in [3.63, 3.8) is 0 Å². The first kappa shape index (κ1) is 12.8. The molecule has 5 rings (SSSR count). The molecule has 3 aliphatic heterocycles. The Labute approximate surface area is 123 Å². The fourth-order valence-electron chi connectivity index (χ4n) is 3.31. The van der Waals surface area contributed by atoms with Gasteiger partial charge in [0.25, 0.3) is 0 Å². The van der Waals surface area contributed by atoms with E-state index in [2.05, 4.69) is 16.1 Å². The molecule has 4 heterocycles. The van der Waals surface area contributed by atoms with Gasteiger partial charge in [0.2, 0.25) is 0 Å². The Morgan fingerprint density at radius 2 is 1.95 bits per heavy atom. The summed E-state index contributed by atoms with van der Waals surface area (Å²) in [6.07, 6.45) is 4.64. The smallest absolute Gasteiger partial charge is 0.160 e. The predicted molar refractivity (Wildman–Crippen MR) is 79.0 cm³/mol. The van der Waals surface area contributed by atoms with Crippen LogP contribution in [0.3, 0.4) is 0 Å². The Balaban J connectivity index is 1.58. The fraction of sp³-hybridized carbons (Fsp3) is 0.353. The van der Waals surface area contributed by atoms with E-state index >= 15 is 0 Å². The highest BCUT2D eigenvalue weighted by molar-refractivity contribution is 5.62. The molecule has 0 saturated carbocycles. The molecule has 2 aromatic rings. The van der Waals surface area contributed by atoms with Gasteiger partial charge in [-0.3, -0.25) is 4.90 Å². The van der Waals surface area contributed by atoms with Crippen LogP contribution >= 0.6 is 0 Å². The lowest BCUT2D eigenvalue weighted by atomic mass is 9.83. The Hall–Kier alpha value is -1.94. The van der Waals surface area contributed by atoms with Gasteiger partial charge in [-0.25, -0.2) is 4.39 Å². The van der Waals surface area contributed by atoms with E-state index in [1.54, 1.807) is 12.1 Å². The highest BCUT2D eigenvalue weighted by Gasteiger charge is 2.29. The molecule has 4 heteroatoms. The summed E-state index contributed by atoms with van der Waals surface area (Å²) in [6, 6.07) is 8.25. The van der Waals surface area contributed by atoms with Crippen LogP contribution in [0, 0.1) is 11.7 Å². The van der Waals surface area contributed by atoms with Gasteiger partial charge < -0.3 is 4.52 Å². The summed E-state index contributed by atoms with van der Waals surface area (Å²) in [5, 5.41) is 4.09. The Morgan fingerprint density at radius 1 is 1.19 bits per heavy atom. The maximum absolute atomic E-state index is 12.9. The van der Waals surface area contributed by atoms with E-state index in [-0.39, 0.29) is 5.82 Å². The number of halogens is 1. The number of hydrogen-bond acceptors (Lipinski definition) is 3. The van der Waals surface area contributed by atoms with E-state index < -0.39 is 0 Å². The van der Waals surface area contributed by atoms with Crippen LogP contribution in [0.25, 0.3) is 17.3 Å². The molecule has 3 saturated heterocycles. The van der Waals surface area contributed by atoms with Crippen molar-refractivity contribution < 1.29 is 8.91 Å². The van der Waals surface area contributed by atoms with E-state index in [1.807, 2.05) is 6.07 Å². The van der Waals surface area contributed by atoms with Crippen LogP contribution in [-0.4, -0.2) is 29.7 Å². The molecule has 0 N–H and O–H groups in total. The van der Waals surface area contributed by atoms with E-state index in [9.17, 15) is 4.39 Å². The first-order valence-electron chi connectivity index (χ1n) is 7.43. The minimum absolute atomic E-state index is 0.239. The van der Waals surface area contributed by atoms with E-state index in [1.165, 1.54) is 43.6 Å². The maximum atomic E-state index is 12.9. The first-order valence-corrected chi connectivity index (χ1v) is 7.43. The number of hydrogen-bond donors (Lipinski definition) is 0. The van der Waals surface area contributed by atoms with Gasteiger partial charge in [0, 0.05) is 18.2 Å². The summed E-state index contributed by atoms with van der Waals surface area (Å²) in [4.78, 5) is 2.49. The molecule has 0 unspecified atom stereocenters. The molecule has 0 amide bonds. The second-order valence-corrected chi connectivity index (χ2v) is 5.89. The number of benzene rings is 1. The van der Waals surface area contributed by atoms with Crippen LogP contribution in [0.5, 0.6) is 0 Å². The molecular weight excluding hydrogens is 267 g/mol. The summed E-state index contributed by atoms with van der Waals surface area (Å²) in [5.74, 6) is 1.25. The van der Waals surface area contributed by atoms with Crippen molar-refractivity contribution in [2.45, 2.75) is 12.8 Å². The summed E-state index contributed by atoms with van der Waals surface area (Å²) >= 11 is 0. The predicted octanol–water partition coefficient (Wildman–Crippen LogP) is 3.59. The Kier molecular flexibility index (Phi) is 3.11. The molecule has 1 aromatic carbocycles. The zero-order valence-corrected chi connectivity index (χ0v) is 11.8. The monoisotopic (exact) mass is 284 g/mol. The van der Waals surface area contributed by atoms with Crippen LogP contribution in [0.4, 0.5) is 4.39 Å². The molecule has 0 aliphatic carbocycles. The molecule has 3 aliphatic rings. The molecule has 108 valence electrons. The van der Waals surface area contributed by atoms with Crippen molar-refractivity contribution in [2.24, 2.45) is 5.92 Å². The quantitative estimate of drug-likeness (QED) is 0.844. The molecule has 3 fully saturated rings. The lowest BCUT2D eigenvalue weighted by Crippen LogP contribution is -2.42. The second kappa shape index (κ2) is 5.11. The van der Waals surface area contributed by atoms with Crippen molar-refractivity contribution in [3.8, 4) is 11.3 Å². The van der Waals surface area contributed by atoms with Crippen LogP contribution in [0.1, 0.15) is 18.6 Å². The standard InChI is InChI=1S/C17H17FN2O/c18-15-3-1-13(2-4-15)17-10-16(21-19-17)9-14-11-20-7-5-12(14)6-8-20/h1-4,9-10,12H,5-8,11H2/b14-9-. The molecule has 0 atom stereocenters. The third-order valence-electron chi connectivity index (χ3n) is 4.51. The SMILES string of the molecule is Fc1ccc(-c2cc(/C=C3/CN4CCC3CC4)on2)cc1. The highest BCUT2D eigenvalue weighted by Crippen LogP contribution is 2.33. The number of nitrogens with zero attached hydrogens (tertiary/aromatic N) is 2. The molecule has 1 aromatic heterocycles. The van der Waals surface area contributed by atoms with Crippen molar-refractivity contribution in [1.29, 1.82) is 0 Å². The minimum Gasteiger partial charge on any atom is -0.356 e. The number of aromatic nitrogens is 1. The Morgan fingerprint density at radius 3 is 2.62 bits per heavy atom.